The van der Waals surface area contributed by atoms with Crippen molar-refractivity contribution in [1.29, 1.82) is 0 Å². The highest BCUT2D eigenvalue weighted by atomic mass is 79.9. The number of fused-ring (bicyclic) bond motifs is 1. The highest BCUT2D eigenvalue weighted by molar-refractivity contribution is 9.10. The lowest BCUT2D eigenvalue weighted by atomic mass is 9.93. The molecule has 1 aromatic heterocycles. The highest BCUT2D eigenvalue weighted by Crippen LogP contribution is 2.32. The van der Waals surface area contributed by atoms with Crippen molar-refractivity contribution in [2.75, 3.05) is 36.0 Å². The number of thioether (sulfide) groups is 1. The average Bonchev–Trinajstić information content (AvgIpc) is 2.88. The van der Waals surface area contributed by atoms with Crippen LogP contribution in [-0.2, 0) is 9.53 Å². The zero-order chi connectivity index (χ0) is 28.2. The van der Waals surface area contributed by atoms with Gasteiger partial charge < -0.3 is 15.0 Å². The number of pyridine rings is 1. The SMILES string of the molecule is Cc1c(N2CCSCC2)nc2ccc(Br)cc2c1C(=O)NCC(CCC(=O)OC(C)(C)C)c1ccccc1Cl. The number of hydrogen-bond donors (Lipinski definition) is 1. The van der Waals surface area contributed by atoms with Gasteiger partial charge in [-0.15, -0.1) is 0 Å². The maximum Gasteiger partial charge on any atom is 0.306 e. The summed E-state index contributed by atoms with van der Waals surface area (Å²) in [7, 11) is 0. The van der Waals surface area contributed by atoms with E-state index in [0.717, 1.165) is 56.9 Å². The molecule has 1 atom stereocenters. The van der Waals surface area contributed by atoms with Crippen molar-refractivity contribution in [2.45, 2.75) is 52.1 Å². The molecule has 0 aliphatic carbocycles. The summed E-state index contributed by atoms with van der Waals surface area (Å²) in [6, 6.07) is 13.4. The first-order chi connectivity index (χ1) is 18.5. The fourth-order valence-electron chi connectivity index (χ4n) is 4.86. The summed E-state index contributed by atoms with van der Waals surface area (Å²) in [5.74, 6) is 2.35. The van der Waals surface area contributed by atoms with Crippen LogP contribution in [-0.4, -0.2) is 53.6 Å². The van der Waals surface area contributed by atoms with Gasteiger partial charge in [0.1, 0.15) is 11.4 Å². The van der Waals surface area contributed by atoms with Crippen molar-refractivity contribution >= 4 is 67.9 Å². The van der Waals surface area contributed by atoms with E-state index in [4.69, 9.17) is 21.3 Å². The van der Waals surface area contributed by atoms with E-state index in [-0.39, 0.29) is 24.2 Å². The van der Waals surface area contributed by atoms with Crippen LogP contribution >= 0.6 is 39.3 Å². The van der Waals surface area contributed by atoms with Crippen molar-refractivity contribution in [2.24, 2.45) is 0 Å². The number of carbonyl (C=O) groups is 2. The van der Waals surface area contributed by atoms with Crippen molar-refractivity contribution in [3.05, 3.63) is 68.7 Å². The number of nitrogens with one attached hydrogen (secondary N) is 1. The van der Waals surface area contributed by atoms with Gasteiger partial charge in [0.15, 0.2) is 0 Å². The molecule has 1 saturated heterocycles. The summed E-state index contributed by atoms with van der Waals surface area (Å²) in [5, 5.41) is 4.58. The molecular weight excluding hydrogens is 598 g/mol. The Morgan fingerprint density at radius 2 is 1.90 bits per heavy atom. The van der Waals surface area contributed by atoms with E-state index in [2.05, 4.69) is 26.1 Å². The number of hydrogen-bond acceptors (Lipinski definition) is 6. The lowest BCUT2D eigenvalue weighted by Crippen LogP contribution is -2.35. The van der Waals surface area contributed by atoms with Gasteiger partial charge in [-0.1, -0.05) is 45.7 Å². The predicted molar refractivity (Wildman–Crippen MR) is 165 cm³/mol. The molecule has 0 radical (unpaired) electrons. The number of esters is 1. The van der Waals surface area contributed by atoms with Gasteiger partial charge in [-0.25, -0.2) is 4.98 Å². The fourth-order valence-corrected chi connectivity index (χ4v) is 6.41. The Labute approximate surface area is 248 Å². The van der Waals surface area contributed by atoms with Gasteiger partial charge in [0.2, 0.25) is 0 Å². The first-order valence-corrected chi connectivity index (χ1v) is 15.5. The van der Waals surface area contributed by atoms with Crippen molar-refractivity contribution in [1.82, 2.24) is 10.3 Å². The lowest BCUT2D eigenvalue weighted by Gasteiger charge is -2.30. The number of rotatable bonds is 8. The molecule has 2 aromatic carbocycles. The zero-order valence-corrected chi connectivity index (χ0v) is 26.0. The van der Waals surface area contributed by atoms with E-state index in [0.29, 0.717) is 23.6 Å². The van der Waals surface area contributed by atoms with E-state index < -0.39 is 5.60 Å². The molecule has 4 rings (SSSR count). The van der Waals surface area contributed by atoms with Gasteiger partial charge in [0, 0.05) is 63.9 Å². The van der Waals surface area contributed by atoms with Crippen LogP contribution in [0.1, 0.15) is 61.0 Å². The number of carbonyl (C=O) groups excluding carboxylic acids is 2. The predicted octanol–water partition coefficient (Wildman–Crippen LogP) is 7.15. The second-order valence-electron chi connectivity index (χ2n) is 10.7. The normalized spacial score (nSPS) is 14.8. The van der Waals surface area contributed by atoms with Crippen LogP contribution in [0, 0.1) is 6.92 Å². The summed E-state index contributed by atoms with van der Waals surface area (Å²) in [5.41, 5.74) is 2.63. The van der Waals surface area contributed by atoms with Gasteiger partial charge in [-0.2, -0.15) is 11.8 Å². The molecule has 39 heavy (non-hydrogen) atoms. The molecule has 2 heterocycles. The summed E-state index contributed by atoms with van der Waals surface area (Å²) in [6.45, 7) is 9.68. The van der Waals surface area contributed by atoms with Crippen molar-refractivity contribution in [3.63, 3.8) is 0 Å². The Kier molecular flexibility index (Phi) is 9.83. The standard InChI is InChI=1S/C30H35BrClN3O3S/c1-19-27(23-17-21(31)10-11-25(23)34-28(19)35-13-15-39-16-14-35)29(37)33-18-20(22-7-5-6-8-24(22)32)9-12-26(36)38-30(2,3)4/h5-8,10-11,17,20H,9,12-16,18H2,1-4H3,(H,33,37). The van der Waals surface area contributed by atoms with E-state index in [1.54, 1.807) is 0 Å². The molecule has 0 bridgehead atoms. The first kappa shape index (κ1) is 29.7. The number of ether oxygens (including phenoxy) is 1. The smallest absolute Gasteiger partial charge is 0.306 e. The van der Waals surface area contributed by atoms with Crippen LogP contribution in [0.15, 0.2) is 46.9 Å². The van der Waals surface area contributed by atoms with Crippen LogP contribution in [0.5, 0.6) is 0 Å². The Balaban J connectivity index is 1.62. The summed E-state index contributed by atoms with van der Waals surface area (Å²) < 4.78 is 6.41. The zero-order valence-electron chi connectivity index (χ0n) is 22.9. The topological polar surface area (TPSA) is 71.5 Å². The second-order valence-corrected chi connectivity index (χ2v) is 13.3. The quantitative estimate of drug-likeness (QED) is 0.266. The molecule has 208 valence electrons. The average molecular weight is 633 g/mol. The van der Waals surface area contributed by atoms with Crippen LogP contribution in [0.2, 0.25) is 5.02 Å². The molecule has 9 heteroatoms. The molecule has 1 N–H and O–H groups in total. The number of halogens is 2. The molecule has 1 aliphatic rings. The maximum atomic E-state index is 13.9. The second kappa shape index (κ2) is 12.9. The third-order valence-corrected chi connectivity index (χ3v) is 8.45. The Morgan fingerprint density at radius 3 is 2.59 bits per heavy atom. The molecule has 3 aromatic rings. The van der Waals surface area contributed by atoms with E-state index >= 15 is 0 Å². The van der Waals surface area contributed by atoms with Crippen LogP contribution in [0.25, 0.3) is 10.9 Å². The monoisotopic (exact) mass is 631 g/mol. The van der Waals surface area contributed by atoms with Gasteiger partial charge in [0.05, 0.1) is 11.1 Å². The minimum Gasteiger partial charge on any atom is -0.460 e. The largest absolute Gasteiger partial charge is 0.460 e. The number of amides is 1. The number of nitrogens with zero attached hydrogens (tertiary/aromatic N) is 2. The first-order valence-electron chi connectivity index (χ1n) is 13.2. The Morgan fingerprint density at radius 1 is 1.18 bits per heavy atom. The molecule has 6 nitrogen and oxygen atoms in total. The fraction of sp³-hybridized carbons (Fsp3) is 0.433. The Hall–Kier alpha value is -2.29. The van der Waals surface area contributed by atoms with Gasteiger partial charge in [-0.05, 0) is 63.9 Å². The van der Waals surface area contributed by atoms with Crippen LogP contribution in [0.3, 0.4) is 0 Å². The van der Waals surface area contributed by atoms with Crippen molar-refractivity contribution in [3.8, 4) is 0 Å². The molecular formula is C30H35BrClN3O3S. The van der Waals surface area contributed by atoms with Crippen LogP contribution in [0.4, 0.5) is 5.82 Å². The third kappa shape index (κ3) is 7.68. The maximum absolute atomic E-state index is 13.9. The van der Waals surface area contributed by atoms with Gasteiger partial charge in [-0.3, -0.25) is 9.59 Å². The van der Waals surface area contributed by atoms with E-state index in [1.807, 2.05) is 81.9 Å². The summed E-state index contributed by atoms with van der Waals surface area (Å²) in [6.07, 6.45) is 0.724. The van der Waals surface area contributed by atoms with E-state index in [1.165, 1.54) is 0 Å². The Bertz CT molecular complexity index is 1360. The number of anilines is 1. The van der Waals surface area contributed by atoms with Gasteiger partial charge >= 0.3 is 5.97 Å². The highest BCUT2D eigenvalue weighted by Gasteiger charge is 2.25. The molecule has 1 fully saturated rings. The minimum atomic E-state index is -0.551. The third-order valence-electron chi connectivity index (χ3n) is 6.67. The number of benzene rings is 2. The van der Waals surface area contributed by atoms with Gasteiger partial charge in [0.25, 0.3) is 5.91 Å². The molecule has 1 amide bonds. The summed E-state index contributed by atoms with van der Waals surface area (Å²) >= 11 is 12.0. The summed E-state index contributed by atoms with van der Waals surface area (Å²) in [4.78, 5) is 33.6. The van der Waals surface area contributed by atoms with E-state index in [9.17, 15) is 9.59 Å². The molecule has 1 aliphatic heterocycles. The molecule has 1 unspecified atom stereocenters. The number of aromatic nitrogens is 1. The van der Waals surface area contributed by atoms with Crippen LogP contribution < -0.4 is 10.2 Å². The molecule has 0 saturated carbocycles. The molecule has 0 spiro atoms. The minimum absolute atomic E-state index is 0.158. The van der Waals surface area contributed by atoms with Crippen molar-refractivity contribution < 1.29 is 14.3 Å². The lowest BCUT2D eigenvalue weighted by molar-refractivity contribution is -0.155.